The maximum absolute atomic E-state index is 13.4. The zero-order valence-corrected chi connectivity index (χ0v) is 19.2. The molecule has 164 valence electrons. The van der Waals surface area contributed by atoms with Crippen LogP contribution >= 0.6 is 0 Å². The smallest absolute Gasteiger partial charge is 0.305 e. The highest BCUT2D eigenvalue weighted by atomic mass is 16.5. The molecule has 29 heavy (non-hydrogen) atoms. The lowest BCUT2D eigenvalue weighted by Gasteiger charge is -2.60. The number of Topliss-reactive ketones (excluding diaryl/α,β-unsaturated/α-hetero) is 1. The SMILES string of the molecule is CCOC(=O)CC[C@@H](C)[C@H]1CC[C@H]2[C@@H]3C(=O)C[C@@H]4CCCC[C@]4(C)[C@H]3CC[C@]12C. The van der Waals surface area contributed by atoms with Crippen molar-refractivity contribution in [3.8, 4) is 0 Å². The third-order valence-electron chi connectivity index (χ3n) is 10.3. The second-order valence-electron chi connectivity index (χ2n) is 11.4. The van der Waals surface area contributed by atoms with Crippen LogP contribution in [-0.2, 0) is 14.3 Å². The highest BCUT2D eigenvalue weighted by molar-refractivity contribution is 5.83. The molecule has 4 fully saturated rings. The molecule has 0 saturated heterocycles. The van der Waals surface area contributed by atoms with Crippen LogP contribution in [0.1, 0.15) is 98.3 Å². The van der Waals surface area contributed by atoms with Gasteiger partial charge in [0.15, 0.2) is 0 Å². The van der Waals surface area contributed by atoms with Gasteiger partial charge < -0.3 is 4.74 Å². The van der Waals surface area contributed by atoms with Crippen LogP contribution < -0.4 is 0 Å². The molecule has 0 heterocycles. The van der Waals surface area contributed by atoms with Gasteiger partial charge in [0.05, 0.1) is 6.61 Å². The minimum Gasteiger partial charge on any atom is -0.466 e. The molecule has 4 aliphatic rings. The van der Waals surface area contributed by atoms with Gasteiger partial charge in [-0.15, -0.1) is 0 Å². The van der Waals surface area contributed by atoms with Gasteiger partial charge in [-0.1, -0.05) is 33.6 Å². The molecule has 0 aromatic rings. The van der Waals surface area contributed by atoms with E-state index in [1.54, 1.807) is 0 Å². The number of hydrogen-bond acceptors (Lipinski definition) is 3. The van der Waals surface area contributed by atoms with Gasteiger partial charge in [0.2, 0.25) is 0 Å². The van der Waals surface area contributed by atoms with E-state index in [0.717, 1.165) is 12.8 Å². The lowest BCUT2D eigenvalue weighted by Crippen LogP contribution is -2.56. The Morgan fingerprint density at radius 1 is 1.07 bits per heavy atom. The van der Waals surface area contributed by atoms with Gasteiger partial charge in [-0.3, -0.25) is 9.59 Å². The largest absolute Gasteiger partial charge is 0.466 e. The van der Waals surface area contributed by atoms with E-state index in [2.05, 4.69) is 20.8 Å². The van der Waals surface area contributed by atoms with Crippen molar-refractivity contribution in [1.82, 2.24) is 0 Å². The molecular formula is C26H42O3. The highest BCUT2D eigenvalue weighted by Gasteiger charge is 2.62. The van der Waals surface area contributed by atoms with E-state index in [0.29, 0.717) is 59.7 Å². The highest BCUT2D eigenvalue weighted by Crippen LogP contribution is 2.67. The summed E-state index contributed by atoms with van der Waals surface area (Å²) < 4.78 is 5.15. The van der Waals surface area contributed by atoms with E-state index < -0.39 is 0 Å². The molecule has 4 rings (SSSR count). The molecule has 0 radical (unpaired) electrons. The minimum atomic E-state index is -0.0542. The van der Waals surface area contributed by atoms with E-state index in [-0.39, 0.29) is 11.4 Å². The van der Waals surface area contributed by atoms with Crippen molar-refractivity contribution < 1.29 is 14.3 Å². The molecule has 0 N–H and O–H groups in total. The van der Waals surface area contributed by atoms with Crippen molar-refractivity contribution in [3.63, 3.8) is 0 Å². The average molecular weight is 403 g/mol. The molecule has 3 nitrogen and oxygen atoms in total. The number of fused-ring (bicyclic) bond motifs is 5. The third-order valence-corrected chi connectivity index (χ3v) is 10.3. The Hall–Kier alpha value is -0.860. The van der Waals surface area contributed by atoms with Crippen molar-refractivity contribution in [1.29, 1.82) is 0 Å². The maximum atomic E-state index is 13.4. The molecule has 4 saturated carbocycles. The fourth-order valence-electron chi connectivity index (χ4n) is 8.72. The summed E-state index contributed by atoms with van der Waals surface area (Å²) in [6.07, 6.45) is 12.6. The number of carbonyl (C=O) groups excluding carboxylic acids is 2. The van der Waals surface area contributed by atoms with Gasteiger partial charge in [0.25, 0.3) is 0 Å². The van der Waals surface area contributed by atoms with Crippen molar-refractivity contribution in [3.05, 3.63) is 0 Å². The first kappa shape index (κ1) is 21.4. The predicted octanol–water partition coefficient (Wildman–Crippen LogP) is 6.19. The van der Waals surface area contributed by atoms with Crippen LogP contribution in [0.3, 0.4) is 0 Å². The molecular weight excluding hydrogens is 360 g/mol. The van der Waals surface area contributed by atoms with Crippen molar-refractivity contribution in [2.45, 2.75) is 98.3 Å². The van der Waals surface area contributed by atoms with Crippen molar-refractivity contribution >= 4 is 11.8 Å². The van der Waals surface area contributed by atoms with Gasteiger partial charge in [0, 0.05) is 18.8 Å². The Labute approximate surface area is 177 Å². The van der Waals surface area contributed by atoms with Crippen LogP contribution in [0, 0.1) is 46.3 Å². The second kappa shape index (κ2) is 8.00. The third kappa shape index (κ3) is 3.49. The summed E-state index contributed by atoms with van der Waals surface area (Å²) >= 11 is 0. The second-order valence-corrected chi connectivity index (χ2v) is 11.4. The molecule has 0 amide bonds. The molecule has 0 bridgehead atoms. The summed E-state index contributed by atoms with van der Waals surface area (Å²) in [6.45, 7) is 9.72. The lowest BCUT2D eigenvalue weighted by molar-refractivity contribution is -0.156. The van der Waals surface area contributed by atoms with Gasteiger partial charge in [-0.05, 0) is 92.3 Å². The number of rotatable bonds is 5. The first-order chi connectivity index (χ1) is 13.8. The fourth-order valence-corrected chi connectivity index (χ4v) is 8.72. The molecule has 3 heteroatoms. The zero-order valence-electron chi connectivity index (χ0n) is 19.2. The lowest BCUT2D eigenvalue weighted by atomic mass is 9.44. The molecule has 0 aromatic carbocycles. The van der Waals surface area contributed by atoms with Crippen LogP contribution in [0.15, 0.2) is 0 Å². The van der Waals surface area contributed by atoms with Crippen molar-refractivity contribution in [2.75, 3.05) is 6.61 Å². The van der Waals surface area contributed by atoms with Crippen LogP contribution in [0.5, 0.6) is 0 Å². The molecule has 0 unspecified atom stereocenters. The van der Waals surface area contributed by atoms with E-state index >= 15 is 0 Å². The first-order valence-corrected chi connectivity index (χ1v) is 12.5. The van der Waals surface area contributed by atoms with E-state index in [4.69, 9.17) is 4.74 Å². The number of ketones is 1. The quantitative estimate of drug-likeness (QED) is 0.515. The van der Waals surface area contributed by atoms with Crippen LogP contribution in [-0.4, -0.2) is 18.4 Å². The Morgan fingerprint density at radius 2 is 1.83 bits per heavy atom. The van der Waals surface area contributed by atoms with Gasteiger partial charge in [-0.2, -0.15) is 0 Å². The standard InChI is InChI=1S/C26H42O3/c1-5-29-23(28)12-9-17(2)19-10-11-20-24-21(13-15-26(19,20)4)25(3)14-7-6-8-18(25)16-22(24)27/h17-21,24H,5-16H2,1-4H3/t17-,18+,19-,20+,21+,24+,25+,26-/m1/s1. The topological polar surface area (TPSA) is 43.4 Å². The summed E-state index contributed by atoms with van der Waals surface area (Å²) in [5.74, 6) is 3.89. The first-order valence-electron chi connectivity index (χ1n) is 12.5. The monoisotopic (exact) mass is 402 g/mol. The Kier molecular flexibility index (Phi) is 5.90. The van der Waals surface area contributed by atoms with Crippen molar-refractivity contribution in [2.24, 2.45) is 46.3 Å². The average Bonchev–Trinajstić information content (AvgIpc) is 3.04. The van der Waals surface area contributed by atoms with Gasteiger partial charge in [0.1, 0.15) is 5.78 Å². The van der Waals surface area contributed by atoms with E-state index in [9.17, 15) is 9.59 Å². The number of carbonyl (C=O) groups is 2. The molecule has 0 spiro atoms. The van der Waals surface area contributed by atoms with Crippen LogP contribution in [0.4, 0.5) is 0 Å². The summed E-state index contributed by atoms with van der Waals surface area (Å²) in [7, 11) is 0. The zero-order chi connectivity index (χ0) is 20.8. The Morgan fingerprint density at radius 3 is 2.59 bits per heavy atom. The predicted molar refractivity (Wildman–Crippen MR) is 115 cm³/mol. The number of ether oxygens (including phenoxy) is 1. The van der Waals surface area contributed by atoms with Crippen LogP contribution in [0.2, 0.25) is 0 Å². The molecule has 4 aliphatic carbocycles. The summed E-state index contributed by atoms with van der Waals surface area (Å²) in [4.78, 5) is 25.3. The van der Waals surface area contributed by atoms with Crippen LogP contribution in [0.25, 0.3) is 0 Å². The Balaban J connectivity index is 1.50. The number of hydrogen-bond donors (Lipinski definition) is 0. The van der Waals surface area contributed by atoms with E-state index in [1.807, 2.05) is 6.92 Å². The minimum absolute atomic E-state index is 0.0542. The molecule has 8 atom stereocenters. The van der Waals surface area contributed by atoms with Gasteiger partial charge >= 0.3 is 5.97 Å². The molecule has 0 aliphatic heterocycles. The fraction of sp³-hybridized carbons (Fsp3) is 0.923. The van der Waals surface area contributed by atoms with E-state index in [1.165, 1.54) is 51.4 Å². The summed E-state index contributed by atoms with van der Waals surface area (Å²) in [5, 5.41) is 0. The summed E-state index contributed by atoms with van der Waals surface area (Å²) in [6, 6.07) is 0. The van der Waals surface area contributed by atoms with Gasteiger partial charge in [-0.25, -0.2) is 0 Å². The number of esters is 1. The summed E-state index contributed by atoms with van der Waals surface area (Å²) in [5.41, 5.74) is 0.689. The molecule has 0 aromatic heterocycles. The Bertz CT molecular complexity index is 642. The maximum Gasteiger partial charge on any atom is 0.305 e. The normalized spacial score (nSPS) is 45.1.